The summed E-state index contributed by atoms with van der Waals surface area (Å²) < 4.78 is 0. The van der Waals surface area contributed by atoms with Crippen molar-refractivity contribution in [1.29, 1.82) is 0 Å². The van der Waals surface area contributed by atoms with E-state index in [1.807, 2.05) is 36.4 Å². The number of hydrogen-bond donors (Lipinski definition) is 1. The van der Waals surface area contributed by atoms with Crippen molar-refractivity contribution in [3.05, 3.63) is 112 Å². The number of hydrogen-bond acceptors (Lipinski definition) is 2. The Hall–Kier alpha value is -2.97. The van der Waals surface area contributed by atoms with Gasteiger partial charge in [0.25, 0.3) is 0 Å². The lowest BCUT2D eigenvalue weighted by atomic mass is 9.83. The fraction of sp³-hybridized carbons (Fsp3) is 0.125. The third-order valence-electron chi connectivity index (χ3n) is 5.28. The Bertz CT molecular complexity index is 1120. The van der Waals surface area contributed by atoms with Crippen LogP contribution in [0.2, 0.25) is 0 Å². The Morgan fingerprint density at radius 1 is 0.808 bits per heavy atom. The molecule has 1 atom stereocenters. The molecular weight excluding hydrogens is 318 g/mol. The number of pyridine rings is 1. The van der Waals surface area contributed by atoms with Crippen LogP contribution in [0.4, 0.5) is 0 Å². The Balaban J connectivity index is 1.49. The summed E-state index contributed by atoms with van der Waals surface area (Å²) >= 11 is 0. The average Bonchev–Trinajstić information content (AvgIpc) is 2.69. The van der Waals surface area contributed by atoms with Crippen LogP contribution in [-0.2, 0) is 12.8 Å². The molecular formula is C24H19NO. The lowest BCUT2D eigenvalue weighted by Crippen LogP contribution is -2.13. The highest BCUT2D eigenvalue weighted by atomic mass is 16.3. The fourth-order valence-corrected chi connectivity index (χ4v) is 3.92. The molecule has 1 aliphatic rings. The normalized spacial score (nSPS) is 15.5. The van der Waals surface area contributed by atoms with Crippen LogP contribution < -0.4 is 0 Å². The SMILES string of the molecule is OC1c2ccccc2Cc2ccc(Cc3ccc4ccccc4n3)cc21. The van der Waals surface area contributed by atoms with Crippen LogP contribution in [0.25, 0.3) is 10.9 Å². The molecule has 0 radical (unpaired) electrons. The summed E-state index contributed by atoms with van der Waals surface area (Å²) in [5.74, 6) is 0. The van der Waals surface area contributed by atoms with Gasteiger partial charge in [0.15, 0.2) is 0 Å². The molecule has 0 spiro atoms. The van der Waals surface area contributed by atoms with Gasteiger partial charge in [-0.2, -0.15) is 0 Å². The summed E-state index contributed by atoms with van der Waals surface area (Å²) in [7, 11) is 0. The number of aliphatic hydroxyl groups is 1. The molecule has 0 saturated heterocycles. The minimum absolute atomic E-state index is 0.542. The summed E-state index contributed by atoms with van der Waals surface area (Å²) in [6, 6.07) is 27.0. The first-order valence-corrected chi connectivity index (χ1v) is 9.00. The maximum absolute atomic E-state index is 10.8. The molecule has 5 rings (SSSR count). The van der Waals surface area contributed by atoms with Gasteiger partial charge in [-0.05, 0) is 46.4 Å². The van der Waals surface area contributed by atoms with E-state index >= 15 is 0 Å². The topological polar surface area (TPSA) is 33.1 Å². The van der Waals surface area contributed by atoms with E-state index in [1.54, 1.807) is 0 Å². The van der Waals surface area contributed by atoms with Crippen LogP contribution in [0, 0.1) is 0 Å². The molecule has 1 unspecified atom stereocenters. The molecule has 2 heteroatoms. The van der Waals surface area contributed by atoms with E-state index in [4.69, 9.17) is 4.98 Å². The highest BCUT2D eigenvalue weighted by Crippen LogP contribution is 2.35. The van der Waals surface area contributed by atoms with Gasteiger partial charge >= 0.3 is 0 Å². The summed E-state index contributed by atoms with van der Waals surface area (Å²) in [5.41, 5.74) is 7.75. The lowest BCUT2D eigenvalue weighted by molar-refractivity contribution is 0.215. The van der Waals surface area contributed by atoms with E-state index < -0.39 is 6.10 Å². The van der Waals surface area contributed by atoms with Crippen molar-refractivity contribution < 1.29 is 5.11 Å². The first kappa shape index (κ1) is 15.3. The molecule has 1 N–H and O–H groups in total. The minimum atomic E-state index is -0.542. The highest BCUT2D eigenvalue weighted by Gasteiger charge is 2.23. The van der Waals surface area contributed by atoms with Crippen molar-refractivity contribution in [2.24, 2.45) is 0 Å². The second-order valence-corrected chi connectivity index (χ2v) is 6.98. The molecule has 2 nitrogen and oxygen atoms in total. The predicted molar refractivity (Wildman–Crippen MR) is 104 cm³/mol. The zero-order chi connectivity index (χ0) is 17.5. The number of benzene rings is 3. The summed E-state index contributed by atoms with van der Waals surface area (Å²) in [5, 5.41) is 12.0. The summed E-state index contributed by atoms with van der Waals surface area (Å²) in [4.78, 5) is 4.78. The highest BCUT2D eigenvalue weighted by molar-refractivity contribution is 5.78. The smallest absolute Gasteiger partial charge is 0.105 e. The van der Waals surface area contributed by atoms with E-state index in [0.29, 0.717) is 0 Å². The van der Waals surface area contributed by atoms with Gasteiger partial charge in [-0.3, -0.25) is 4.98 Å². The Labute approximate surface area is 152 Å². The molecule has 0 amide bonds. The van der Waals surface area contributed by atoms with Gasteiger partial charge in [-0.15, -0.1) is 0 Å². The first-order valence-electron chi connectivity index (χ1n) is 9.00. The van der Waals surface area contributed by atoms with Crippen molar-refractivity contribution in [1.82, 2.24) is 4.98 Å². The second-order valence-electron chi connectivity index (χ2n) is 6.98. The standard InChI is InChI=1S/C24H19NO/c26-24-21-7-3-1-6-18(21)15-19-10-9-16(14-22(19)24)13-20-12-11-17-5-2-4-8-23(17)25-20/h1-12,14,24,26H,13,15H2. The van der Waals surface area contributed by atoms with Crippen molar-refractivity contribution >= 4 is 10.9 Å². The van der Waals surface area contributed by atoms with Crippen molar-refractivity contribution in [3.63, 3.8) is 0 Å². The van der Waals surface area contributed by atoms with Gasteiger partial charge in [-0.25, -0.2) is 0 Å². The molecule has 126 valence electrons. The molecule has 1 heterocycles. The van der Waals surface area contributed by atoms with E-state index in [2.05, 4.69) is 42.5 Å². The molecule has 0 aliphatic heterocycles. The maximum Gasteiger partial charge on any atom is 0.105 e. The van der Waals surface area contributed by atoms with Crippen LogP contribution in [0.15, 0.2) is 78.9 Å². The van der Waals surface area contributed by atoms with Gasteiger partial charge in [0.05, 0.1) is 5.52 Å². The van der Waals surface area contributed by atoms with Crippen LogP contribution in [0.5, 0.6) is 0 Å². The van der Waals surface area contributed by atoms with Gasteiger partial charge in [0.1, 0.15) is 6.10 Å². The zero-order valence-electron chi connectivity index (χ0n) is 14.4. The molecule has 1 aliphatic carbocycles. The Kier molecular flexibility index (Phi) is 3.58. The van der Waals surface area contributed by atoms with Gasteiger partial charge in [0.2, 0.25) is 0 Å². The third kappa shape index (κ3) is 2.59. The Morgan fingerprint density at radius 3 is 2.58 bits per heavy atom. The number of rotatable bonds is 2. The maximum atomic E-state index is 10.8. The number of aromatic nitrogens is 1. The zero-order valence-corrected chi connectivity index (χ0v) is 14.4. The molecule has 4 aromatic rings. The third-order valence-corrected chi connectivity index (χ3v) is 5.28. The van der Waals surface area contributed by atoms with Crippen molar-refractivity contribution in [2.45, 2.75) is 18.9 Å². The molecule has 0 bridgehead atoms. The molecule has 0 saturated carbocycles. The monoisotopic (exact) mass is 337 g/mol. The largest absolute Gasteiger partial charge is 0.384 e. The first-order chi connectivity index (χ1) is 12.8. The van der Waals surface area contributed by atoms with Crippen LogP contribution in [0.3, 0.4) is 0 Å². The average molecular weight is 337 g/mol. The van der Waals surface area contributed by atoms with Gasteiger partial charge < -0.3 is 5.11 Å². The number of nitrogens with zero attached hydrogens (tertiary/aromatic N) is 1. The van der Waals surface area contributed by atoms with E-state index in [0.717, 1.165) is 40.6 Å². The van der Waals surface area contributed by atoms with Crippen LogP contribution in [0.1, 0.15) is 39.6 Å². The number of para-hydroxylation sites is 1. The fourth-order valence-electron chi connectivity index (χ4n) is 3.92. The van der Waals surface area contributed by atoms with Gasteiger partial charge in [0, 0.05) is 17.5 Å². The number of fused-ring (bicyclic) bond motifs is 3. The van der Waals surface area contributed by atoms with Gasteiger partial charge in [-0.1, -0.05) is 66.7 Å². The van der Waals surface area contributed by atoms with E-state index in [1.165, 1.54) is 16.7 Å². The molecule has 1 aromatic heterocycles. The molecule has 0 fully saturated rings. The van der Waals surface area contributed by atoms with E-state index in [-0.39, 0.29) is 0 Å². The molecule has 26 heavy (non-hydrogen) atoms. The second kappa shape index (κ2) is 6.08. The summed E-state index contributed by atoms with van der Waals surface area (Å²) in [6.45, 7) is 0. The predicted octanol–water partition coefficient (Wildman–Crippen LogP) is 4.81. The Morgan fingerprint density at radius 2 is 1.62 bits per heavy atom. The minimum Gasteiger partial charge on any atom is -0.384 e. The molecule has 3 aromatic carbocycles. The quantitative estimate of drug-likeness (QED) is 0.569. The van der Waals surface area contributed by atoms with Crippen LogP contribution in [-0.4, -0.2) is 10.1 Å². The van der Waals surface area contributed by atoms with E-state index in [9.17, 15) is 5.11 Å². The van der Waals surface area contributed by atoms with Crippen LogP contribution >= 0.6 is 0 Å². The van der Waals surface area contributed by atoms with Crippen molar-refractivity contribution in [2.75, 3.05) is 0 Å². The lowest BCUT2D eigenvalue weighted by Gasteiger charge is -2.25. The summed E-state index contributed by atoms with van der Waals surface area (Å²) in [6.07, 6.45) is 1.11. The van der Waals surface area contributed by atoms with Crippen molar-refractivity contribution in [3.8, 4) is 0 Å². The number of aliphatic hydroxyl groups excluding tert-OH is 1.